The fourth-order valence-corrected chi connectivity index (χ4v) is 1.55. The Morgan fingerprint density at radius 3 is 2.92 bits per heavy atom. The molecule has 0 aliphatic carbocycles. The molecular formula is C7H8N3O2S+. The van der Waals surface area contributed by atoms with Crippen LogP contribution in [0.5, 0.6) is 0 Å². The molecule has 0 aliphatic heterocycles. The van der Waals surface area contributed by atoms with Gasteiger partial charge < -0.3 is 4.74 Å². The van der Waals surface area contributed by atoms with Gasteiger partial charge in [-0.1, -0.05) is 0 Å². The summed E-state index contributed by atoms with van der Waals surface area (Å²) in [6.45, 7) is 3.71. The van der Waals surface area contributed by atoms with Gasteiger partial charge in [0, 0.05) is 11.9 Å². The molecule has 0 aliphatic rings. The maximum atomic E-state index is 11.2. The Balaban J connectivity index is 2.95. The molecule has 0 aromatic carbocycles. The number of thiazole rings is 1. The van der Waals surface area contributed by atoms with Gasteiger partial charge in [-0.2, -0.15) is 0 Å². The highest BCUT2D eigenvalue weighted by molar-refractivity contribution is 7.17. The quantitative estimate of drug-likeness (QED) is 0.539. The summed E-state index contributed by atoms with van der Waals surface area (Å²) in [7, 11) is 0. The maximum Gasteiger partial charge on any atom is 0.524 e. The van der Waals surface area contributed by atoms with E-state index in [9.17, 15) is 4.79 Å². The second-order valence-corrected chi connectivity index (χ2v) is 3.21. The molecule has 1 aromatic rings. The Kier molecular flexibility index (Phi) is 2.93. The van der Waals surface area contributed by atoms with Gasteiger partial charge in [0.1, 0.15) is 0 Å². The Hall–Kier alpha value is -1.48. The zero-order chi connectivity index (χ0) is 9.84. The minimum absolute atomic E-state index is 0.167. The van der Waals surface area contributed by atoms with Crippen LogP contribution in [0.2, 0.25) is 0 Å². The molecule has 68 valence electrons. The summed E-state index contributed by atoms with van der Waals surface area (Å²) in [6, 6.07) is 0. The first-order valence-electron chi connectivity index (χ1n) is 3.68. The van der Waals surface area contributed by atoms with Crippen LogP contribution in [0.1, 0.15) is 22.3 Å². The number of aromatic nitrogens is 1. The second-order valence-electron chi connectivity index (χ2n) is 2.23. The van der Waals surface area contributed by atoms with Crippen molar-refractivity contribution in [2.45, 2.75) is 13.8 Å². The first-order chi connectivity index (χ1) is 6.19. The number of esters is 1. The fraction of sp³-hybridized carbons (Fsp3) is 0.429. The lowest BCUT2D eigenvalue weighted by molar-refractivity contribution is 0.0531. The van der Waals surface area contributed by atoms with E-state index in [1.54, 1.807) is 13.8 Å². The number of carbonyl (C=O) groups excluding carboxylic acids is 1. The third kappa shape index (κ3) is 2.00. The van der Waals surface area contributed by atoms with Crippen molar-refractivity contribution < 1.29 is 9.53 Å². The lowest BCUT2D eigenvalue weighted by Crippen LogP contribution is -2.03. The molecule has 0 N–H and O–H groups in total. The molecule has 0 amide bonds. The lowest BCUT2D eigenvalue weighted by Gasteiger charge is -1.95. The largest absolute Gasteiger partial charge is 0.524 e. The minimum atomic E-state index is -0.424. The molecule has 0 unspecified atom stereocenters. The zero-order valence-electron chi connectivity index (χ0n) is 7.27. The molecule has 1 heterocycles. The van der Waals surface area contributed by atoms with E-state index >= 15 is 0 Å². The Bertz CT molecular complexity index is 366. The summed E-state index contributed by atoms with van der Waals surface area (Å²) in [6.07, 6.45) is 0. The SMILES string of the molecule is CCOC(=O)c1sc([N+]#N)nc1C. The highest BCUT2D eigenvalue weighted by Crippen LogP contribution is 2.25. The number of hydrogen-bond acceptors (Lipinski definition) is 5. The molecule has 0 spiro atoms. The highest BCUT2D eigenvalue weighted by Gasteiger charge is 2.24. The molecule has 1 aromatic heterocycles. The van der Waals surface area contributed by atoms with Crippen molar-refractivity contribution in [1.82, 2.24) is 4.98 Å². The fourth-order valence-electron chi connectivity index (χ4n) is 0.811. The van der Waals surface area contributed by atoms with Crippen molar-refractivity contribution in [3.05, 3.63) is 15.5 Å². The molecule has 13 heavy (non-hydrogen) atoms. The summed E-state index contributed by atoms with van der Waals surface area (Å²) >= 11 is 1.01. The molecule has 0 radical (unpaired) electrons. The van der Waals surface area contributed by atoms with E-state index in [2.05, 4.69) is 9.96 Å². The van der Waals surface area contributed by atoms with Gasteiger partial charge in [-0.25, -0.2) is 4.79 Å². The van der Waals surface area contributed by atoms with Crippen LogP contribution < -0.4 is 0 Å². The van der Waals surface area contributed by atoms with Gasteiger partial charge in [0.15, 0.2) is 10.6 Å². The van der Waals surface area contributed by atoms with Crippen LogP contribution >= 0.6 is 11.3 Å². The highest BCUT2D eigenvalue weighted by atomic mass is 32.1. The van der Waals surface area contributed by atoms with Crippen molar-refractivity contribution in [1.29, 1.82) is 5.39 Å². The zero-order valence-corrected chi connectivity index (χ0v) is 8.09. The molecule has 1 rings (SSSR count). The number of hydrogen-bond donors (Lipinski definition) is 0. The number of aryl methyl sites for hydroxylation is 1. The van der Waals surface area contributed by atoms with Crippen molar-refractivity contribution in [2.75, 3.05) is 6.61 Å². The lowest BCUT2D eigenvalue weighted by atomic mass is 10.4. The van der Waals surface area contributed by atoms with Gasteiger partial charge in [0.05, 0.1) is 12.0 Å². The van der Waals surface area contributed by atoms with Crippen molar-refractivity contribution in [3.8, 4) is 0 Å². The van der Waals surface area contributed by atoms with E-state index < -0.39 is 5.97 Å². The summed E-state index contributed by atoms with van der Waals surface area (Å²) in [4.78, 5) is 18.3. The van der Waals surface area contributed by atoms with Crippen LogP contribution in [0.15, 0.2) is 0 Å². The third-order valence-corrected chi connectivity index (χ3v) is 2.35. The molecule has 0 atom stereocenters. The molecule has 0 fully saturated rings. The van der Waals surface area contributed by atoms with E-state index in [-0.39, 0.29) is 5.13 Å². The average molecular weight is 198 g/mol. The van der Waals surface area contributed by atoms with Crippen LogP contribution in [0.25, 0.3) is 4.98 Å². The van der Waals surface area contributed by atoms with Gasteiger partial charge in [-0.05, 0) is 23.2 Å². The smallest absolute Gasteiger partial charge is 0.462 e. The van der Waals surface area contributed by atoms with E-state index in [1.165, 1.54) is 0 Å². The molecular weight excluding hydrogens is 190 g/mol. The number of ether oxygens (including phenoxy) is 1. The number of diazo groups is 1. The van der Waals surface area contributed by atoms with Gasteiger partial charge >= 0.3 is 11.1 Å². The molecule has 0 bridgehead atoms. The van der Waals surface area contributed by atoms with Gasteiger partial charge in [0.2, 0.25) is 0 Å². The van der Waals surface area contributed by atoms with Crippen LogP contribution in [0, 0.1) is 12.3 Å². The van der Waals surface area contributed by atoms with Crippen molar-refractivity contribution >= 4 is 22.4 Å². The monoisotopic (exact) mass is 198 g/mol. The Morgan fingerprint density at radius 2 is 2.46 bits per heavy atom. The average Bonchev–Trinajstić information content (AvgIpc) is 2.47. The van der Waals surface area contributed by atoms with E-state index in [0.29, 0.717) is 17.2 Å². The Labute approximate surface area is 79.0 Å². The summed E-state index contributed by atoms with van der Waals surface area (Å²) in [5.74, 6) is -0.424. The third-order valence-electron chi connectivity index (χ3n) is 1.33. The van der Waals surface area contributed by atoms with E-state index in [4.69, 9.17) is 10.1 Å². The van der Waals surface area contributed by atoms with Crippen LogP contribution in [0.3, 0.4) is 0 Å². The number of rotatable bonds is 2. The first kappa shape index (κ1) is 9.61. The summed E-state index contributed by atoms with van der Waals surface area (Å²) in [5.41, 5.74) is 0.524. The van der Waals surface area contributed by atoms with Gasteiger partial charge in [-0.15, -0.1) is 0 Å². The van der Waals surface area contributed by atoms with Crippen LogP contribution in [-0.2, 0) is 4.74 Å². The Morgan fingerprint density at radius 1 is 1.77 bits per heavy atom. The molecule has 0 saturated carbocycles. The van der Waals surface area contributed by atoms with Crippen molar-refractivity contribution in [3.63, 3.8) is 0 Å². The molecule has 0 saturated heterocycles. The van der Waals surface area contributed by atoms with Gasteiger partial charge in [0.25, 0.3) is 0 Å². The van der Waals surface area contributed by atoms with E-state index in [1.807, 2.05) is 0 Å². The maximum absolute atomic E-state index is 11.2. The minimum Gasteiger partial charge on any atom is -0.462 e. The topological polar surface area (TPSA) is 67.3 Å². The van der Waals surface area contributed by atoms with Crippen LogP contribution in [-0.4, -0.2) is 17.6 Å². The van der Waals surface area contributed by atoms with Crippen molar-refractivity contribution in [2.24, 2.45) is 0 Å². The summed E-state index contributed by atoms with van der Waals surface area (Å²) < 4.78 is 4.77. The predicted molar refractivity (Wildman–Crippen MR) is 47.6 cm³/mol. The normalized spacial score (nSPS) is 9.31. The van der Waals surface area contributed by atoms with E-state index in [0.717, 1.165) is 11.3 Å². The molecule has 6 heteroatoms. The number of carbonyl (C=O) groups is 1. The number of nitrogens with zero attached hydrogens (tertiary/aromatic N) is 3. The molecule has 5 nitrogen and oxygen atoms in total. The summed E-state index contributed by atoms with van der Waals surface area (Å²) in [5, 5.41) is 8.58. The first-order valence-corrected chi connectivity index (χ1v) is 4.50. The van der Waals surface area contributed by atoms with Gasteiger partial charge in [-0.3, -0.25) is 0 Å². The second kappa shape index (κ2) is 3.96. The predicted octanol–water partition coefficient (Wildman–Crippen LogP) is 2.11. The standard InChI is InChI=1S/C7H8N3O2S/c1-3-12-6(11)5-4(2)9-7(10-8)13-5/h3H2,1-2H3/q+1. The van der Waals surface area contributed by atoms with Crippen LogP contribution in [0.4, 0.5) is 5.13 Å².